The van der Waals surface area contributed by atoms with Crippen LogP contribution in [0.4, 0.5) is 0 Å². The number of aromatic nitrogens is 2. The van der Waals surface area contributed by atoms with Gasteiger partial charge in [0.05, 0.1) is 11.3 Å². The quantitative estimate of drug-likeness (QED) is 0.575. The minimum Gasteiger partial charge on any atom is -0.381 e. The molecule has 1 aromatic heterocycles. The van der Waals surface area contributed by atoms with E-state index in [1.165, 1.54) is 6.08 Å². The normalized spacial score (nSPS) is 17.3. The summed E-state index contributed by atoms with van der Waals surface area (Å²) in [6.07, 6.45) is 5.00. The number of nitrogens with zero attached hydrogens (tertiary/aromatic N) is 2. The Morgan fingerprint density at radius 1 is 1.62 bits per heavy atom. The molecule has 0 saturated carbocycles. The standard InChI is InChI=1S/C12H16N2O2/c1-3-11(15)10-8-14(2)13-12(10)9-4-6-16-7-5-9/h3,8-9H,1,4-7H2,2H3. The molecule has 1 aliphatic rings. The first-order valence-electron chi connectivity index (χ1n) is 5.50. The number of carbonyl (C=O) groups is 1. The smallest absolute Gasteiger partial charge is 0.188 e. The van der Waals surface area contributed by atoms with Gasteiger partial charge in [0.25, 0.3) is 0 Å². The molecule has 0 amide bonds. The van der Waals surface area contributed by atoms with Gasteiger partial charge in [-0.15, -0.1) is 0 Å². The zero-order chi connectivity index (χ0) is 11.5. The van der Waals surface area contributed by atoms with Crippen LogP contribution in [0.5, 0.6) is 0 Å². The van der Waals surface area contributed by atoms with E-state index in [9.17, 15) is 4.79 Å². The van der Waals surface area contributed by atoms with Crippen LogP contribution in [0.3, 0.4) is 0 Å². The molecule has 0 unspecified atom stereocenters. The maximum Gasteiger partial charge on any atom is 0.188 e. The molecule has 0 radical (unpaired) electrons. The fourth-order valence-corrected chi connectivity index (χ4v) is 2.08. The topological polar surface area (TPSA) is 44.1 Å². The molecule has 16 heavy (non-hydrogen) atoms. The highest BCUT2D eigenvalue weighted by atomic mass is 16.5. The maximum absolute atomic E-state index is 11.7. The molecule has 0 spiro atoms. The SMILES string of the molecule is C=CC(=O)c1cn(C)nc1C1CCOCC1. The van der Waals surface area contributed by atoms with E-state index in [1.807, 2.05) is 7.05 Å². The lowest BCUT2D eigenvalue weighted by Gasteiger charge is -2.20. The van der Waals surface area contributed by atoms with Crippen molar-refractivity contribution in [3.05, 3.63) is 30.1 Å². The average Bonchev–Trinajstić information content (AvgIpc) is 2.71. The van der Waals surface area contributed by atoms with Crippen molar-refractivity contribution in [2.24, 2.45) is 7.05 Å². The second-order valence-electron chi connectivity index (χ2n) is 4.06. The van der Waals surface area contributed by atoms with Crippen LogP contribution in [0.15, 0.2) is 18.9 Å². The van der Waals surface area contributed by atoms with Crippen molar-refractivity contribution in [3.8, 4) is 0 Å². The largest absolute Gasteiger partial charge is 0.381 e. The Morgan fingerprint density at radius 3 is 2.94 bits per heavy atom. The van der Waals surface area contributed by atoms with Crippen LogP contribution in [-0.2, 0) is 11.8 Å². The lowest BCUT2D eigenvalue weighted by atomic mass is 9.93. The highest BCUT2D eigenvalue weighted by Crippen LogP contribution is 2.28. The van der Waals surface area contributed by atoms with Gasteiger partial charge < -0.3 is 4.74 Å². The summed E-state index contributed by atoms with van der Waals surface area (Å²) in [6.45, 7) is 5.03. The van der Waals surface area contributed by atoms with Crippen molar-refractivity contribution >= 4 is 5.78 Å². The number of rotatable bonds is 3. The van der Waals surface area contributed by atoms with E-state index in [-0.39, 0.29) is 5.78 Å². The highest BCUT2D eigenvalue weighted by molar-refractivity contribution is 6.04. The molecular weight excluding hydrogens is 204 g/mol. The monoisotopic (exact) mass is 220 g/mol. The summed E-state index contributed by atoms with van der Waals surface area (Å²) in [7, 11) is 1.84. The Morgan fingerprint density at radius 2 is 2.31 bits per heavy atom. The number of hydrogen-bond acceptors (Lipinski definition) is 3. The van der Waals surface area contributed by atoms with E-state index in [4.69, 9.17) is 4.74 Å². The lowest BCUT2D eigenvalue weighted by molar-refractivity contribution is 0.0838. The van der Waals surface area contributed by atoms with Crippen LogP contribution in [0.25, 0.3) is 0 Å². The van der Waals surface area contributed by atoms with Crippen LogP contribution in [-0.4, -0.2) is 28.8 Å². The summed E-state index contributed by atoms with van der Waals surface area (Å²) in [5.74, 6) is 0.295. The molecule has 0 atom stereocenters. The first kappa shape index (κ1) is 11.1. The third-order valence-corrected chi connectivity index (χ3v) is 2.92. The summed E-state index contributed by atoms with van der Waals surface area (Å²) < 4.78 is 7.01. The molecule has 1 fully saturated rings. The van der Waals surface area contributed by atoms with Crippen LogP contribution in [0.1, 0.15) is 34.8 Å². The number of ketones is 1. The average molecular weight is 220 g/mol. The Labute approximate surface area is 94.9 Å². The van der Waals surface area contributed by atoms with Gasteiger partial charge in [-0.25, -0.2) is 0 Å². The van der Waals surface area contributed by atoms with Crippen molar-refractivity contribution in [2.75, 3.05) is 13.2 Å². The number of hydrogen-bond donors (Lipinski definition) is 0. The van der Waals surface area contributed by atoms with Gasteiger partial charge in [0.2, 0.25) is 0 Å². The Balaban J connectivity index is 2.31. The van der Waals surface area contributed by atoms with Gasteiger partial charge in [0.15, 0.2) is 5.78 Å². The van der Waals surface area contributed by atoms with E-state index in [2.05, 4.69) is 11.7 Å². The van der Waals surface area contributed by atoms with Crippen LogP contribution in [0.2, 0.25) is 0 Å². The van der Waals surface area contributed by atoms with Gasteiger partial charge in [-0.1, -0.05) is 6.58 Å². The molecule has 0 aromatic carbocycles. The number of allylic oxidation sites excluding steroid dienone is 1. The minimum absolute atomic E-state index is 0.0467. The van der Waals surface area contributed by atoms with Gasteiger partial charge in [0.1, 0.15) is 0 Å². The first-order chi connectivity index (χ1) is 7.72. The summed E-state index contributed by atoms with van der Waals surface area (Å²) in [4.78, 5) is 11.7. The second-order valence-corrected chi connectivity index (χ2v) is 4.06. The van der Waals surface area contributed by atoms with Crippen LogP contribution in [0, 0.1) is 0 Å². The maximum atomic E-state index is 11.7. The molecule has 2 heterocycles. The summed E-state index contributed by atoms with van der Waals surface area (Å²) in [5.41, 5.74) is 1.58. The molecule has 4 nitrogen and oxygen atoms in total. The van der Waals surface area contributed by atoms with Crippen molar-refractivity contribution in [3.63, 3.8) is 0 Å². The lowest BCUT2D eigenvalue weighted by Crippen LogP contribution is -2.16. The number of aryl methyl sites for hydroxylation is 1. The van der Waals surface area contributed by atoms with E-state index < -0.39 is 0 Å². The van der Waals surface area contributed by atoms with Gasteiger partial charge >= 0.3 is 0 Å². The molecule has 1 aliphatic heterocycles. The predicted octanol–water partition coefficient (Wildman–Crippen LogP) is 1.68. The molecule has 0 aliphatic carbocycles. The van der Waals surface area contributed by atoms with Crippen molar-refractivity contribution in [2.45, 2.75) is 18.8 Å². The third kappa shape index (κ3) is 2.07. The van der Waals surface area contributed by atoms with Gasteiger partial charge in [-0.05, 0) is 18.9 Å². The van der Waals surface area contributed by atoms with Crippen LogP contribution < -0.4 is 0 Å². The van der Waals surface area contributed by atoms with Crippen molar-refractivity contribution in [1.29, 1.82) is 0 Å². The molecule has 4 heteroatoms. The zero-order valence-electron chi connectivity index (χ0n) is 9.48. The molecular formula is C12H16N2O2. The Hall–Kier alpha value is -1.42. The zero-order valence-corrected chi connectivity index (χ0v) is 9.48. The summed E-state index contributed by atoms with van der Waals surface area (Å²) >= 11 is 0. The molecule has 0 N–H and O–H groups in total. The highest BCUT2D eigenvalue weighted by Gasteiger charge is 2.23. The Bertz CT molecular complexity index is 403. The van der Waals surface area contributed by atoms with Gasteiger partial charge in [0, 0.05) is 32.4 Å². The van der Waals surface area contributed by atoms with Crippen molar-refractivity contribution in [1.82, 2.24) is 9.78 Å². The Kier molecular flexibility index (Phi) is 3.19. The number of carbonyl (C=O) groups excluding carboxylic acids is 1. The molecule has 2 rings (SSSR count). The third-order valence-electron chi connectivity index (χ3n) is 2.92. The van der Waals surface area contributed by atoms with Crippen LogP contribution >= 0.6 is 0 Å². The second kappa shape index (κ2) is 4.61. The first-order valence-corrected chi connectivity index (χ1v) is 5.50. The molecule has 0 bridgehead atoms. The van der Waals surface area contributed by atoms with E-state index in [1.54, 1.807) is 10.9 Å². The molecule has 1 aromatic rings. The van der Waals surface area contributed by atoms with Gasteiger partial charge in [-0.2, -0.15) is 5.10 Å². The molecule has 86 valence electrons. The van der Waals surface area contributed by atoms with E-state index in [0.717, 1.165) is 31.7 Å². The van der Waals surface area contributed by atoms with Gasteiger partial charge in [-0.3, -0.25) is 9.48 Å². The summed E-state index contributed by atoms with van der Waals surface area (Å²) in [6, 6.07) is 0. The predicted molar refractivity (Wildman–Crippen MR) is 60.5 cm³/mol. The minimum atomic E-state index is -0.0467. The van der Waals surface area contributed by atoms with E-state index in [0.29, 0.717) is 11.5 Å². The molecule has 1 saturated heterocycles. The fraction of sp³-hybridized carbons (Fsp3) is 0.500. The fourth-order valence-electron chi connectivity index (χ4n) is 2.08. The van der Waals surface area contributed by atoms with Crippen molar-refractivity contribution < 1.29 is 9.53 Å². The number of ether oxygens (including phenoxy) is 1. The summed E-state index contributed by atoms with van der Waals surface area (Å²) in [5, 5.41) is 4.40. The van der Waals surface area contributed by atoms with E-state index >= 15 is 0 Å².